The van der Waals surface area contributed by atoms with Gasteiger partial charge in [0, 0.05) is 34.7 Å². The van der Waals surface area contributed by atoms with Crippen molar-refractivity contribution in [2.24, 2.45) is 0 Å². The lowest BCUT2D eigenvalue weighted by Gasteiger charge is -2.25. The third-order valence-electron chi connectivity index (χ3n) is 6.16. The summed E-state index contributed by atoms with van der Waals surface area (Å²) in [4.78, 5) is 18.8. The highest BCUT2D eigenvalue weighted by Crippen LogP contribution is 2.31. The topological polar surface area (TPSA) is 45.3 Å². The van der Waals surface area contributed by atoms with Crippen molar-refractivity contribution in [2.45, 2.75) is 46.1 Å². The van der Waals surface area contributed by atoms with Crippen LogP contribution in [0.2, 0.25) is 0 Å². The van der Waals surface area contributed by atoms with Crippen molar-refractivity contribution in [3.8, 4) is 5.75 Å². The molecule has 1 atom stereocenters. The predicted octanol–water partition coefficient (Wildman–Crippen LogP) is 4.95. The molecule has 1 saturated heterocycles. The zero-order valence-electron chi connectivity index (χ0n) is 17.1. The van der Waals surface area contributed by atoms with E-state index in [-0.39, 0.29) is 11.9 Å². The van der Waals surface area contributed by atoms with Gasteiger partial charge in [0.2, 0.25) is 0 Å². The van der Waals surface area contributed by atoms with Crippen LogP contribution < -0.4 is 4.74 Å². The van der Waals surface area contributed by atoms with E-state index in [4.69, 9.17) is 4.74 Å². The van der Waals surface area contributed by atoms with Crippen molar-refractivity contribution in [1.82, 2.24) is 9.88 Å². The highest BCUT2D eigenvalue weighted by Gasteiger charge is 2.30. The van der Waals surface area contributed by atoms with Crippen molar-refractivity contribution >= 4 is 16.8 Å². The average Bonchev–Trinajstić information content (AvgIpc) is 3.28. The number of amides is 1. The van der Waals surface area contributed by atoms with E-state index >= 15 is 0 Å². The Kier molecular flexibility index (Phi) is 4.88. The zero-order valence-corrected chi connectivity index (χ0v) is 17.1. The first-order chi connectivity index (χ1) is 13.5. The molecular formula is C24H28N2O2. The number of fused-ring (bicyclic) bond motifs is 1. The van der Waals surface area contributed by atoms with Crippen LogP contribution in [0.1, 0.15) is 45.6 Å². The van der Waals surface area contributed by atoms with Gasteiger partial charge in [-0.05, 0) is 87.1 Å². The number of likely N-dealkylation sites (tertiary alicyclic amines) is 1. The van der Waals surface area contributed by atoms with Crippen molar-refractivity contribution in [2.75, 3.05) is 13.7 Å². The average molecular weight is 377 g/mol. The van der Waals surface area contributed by atoms with E-state index in [0.29, 0.717) is 0 Å². The summed E-state index contributed by atoms with van der Waals surface area (Å²) in [5.41, 5.74) is 6.78. The molecule has 1 N–H and O–H groups in total. The summed E-state index contributed by atoms with van der Waals surface area (Å²) in [5.74, 6) is 1.02. The van der Waals surface area contributed by atoms with Gasteiger partial charge in [-0.2, -0.15) is 0 Å². The van der Waals surface area contributed by atoms with Gasteiger partial charge in [-0.15, -0.1) is 0 Å². The number of aromatic nitrogens is 1. The van der Waals surface area contributed by atoms with Crippen LogP contribution >= 0.6 is 0 Å². The summed E-state index contributed by atoms with van der Waals surface area (Å²) in [6, 6.07) is 12.4. The van der Waals surface area contributed by atoms with E-state index in [1.165, 1.54) is 27.8 Å². The molecular weight excluding hydrogens is 348 g/mol. The number of methoxy groups -OCH3 is 1. The van der Waals surface area contributed by atoms with Gasteiger partial charge >= 0.3 is 0 Å². The van der Waals surface area contributed by atoms with Crippen LogP contribution in [0.3, 0.4) is 0 Å². The molecule has 4 heteroatoms. The second-order valence-corrected chi connectivity index (χ2v) is 7.94. The maximum Gasteiger partial charge on any atom is 0.254 e. The first kappa shape index (κ1) is 18.6. The van der Waals surface area contributed by atoms with Crippen LogP contribution in [0.15, 0.2) is 36.4 Å². The molecule has 0 saturated carbocycles. The van der Waals surface area contributed by atoms with E-state index in [1.54, 1.807) is 7.11 Å². The zero-order chi connectivity index (χ0) is 19.8. The molecule has 1 aromatic heterocycles. The van der Waals surface area contributed by atoms with Crippen molar-refractivity contribution in [3.63, 3.8) is 0 Å². The first-order valence-electron chi connectivity index (χ1n) is 10.0. The maximum absolute atomic E-state index is 13.2. The number of nitrogens with one attached hydrogen (secondary N) is 1. The van der Waals surface area contributed by atoms with Crippen molar-refractivity contribution < 1.29 is 9.53 Å². The van der Waals surface area contributed by atoms with Crippen LogP contribution in [-0.4, -0.2) is 35.5 Å². The molecule has 2 heterocycles. The molecule has 0 spiro atoms. The summed E-state index contributed by atoms with van der Waals surface area (Å²) >= 11 is 0. The molecule has 1 aliphatic rings. The van der Waals surface area contributed by atoms with E-state index in [2.05, 4.69) is 42.8 Å². The van der Waals surface area contributed by atoms with Crippen LogP contribution in [0.4, 0.5) is 0 Å². The number of hydrogen-bond donors (Lipinski definition) is 1. The number of carbonyl (C=O) groups is 1. The molecule has 1 unspecified atom stereocenters. The Labute approximate surface area is 166 Å². The molecule has 4 rings (SSSR count). The maximum atomic E-state index is 13.2. The molecule has 28 heavy (non-hydrogen) atoms. The Morgan fingerprint density at radius 2 is 1.96 bits per heavy atom. The summed E-state index contributed by atoms with van der Waals surface area (Å²) in [6.07, 6.45) is 2.98. The molecule has 146 valence electrons. The Morgan fingerprint density at radius 1 is 1.14 bits per heavy atom. The molecule has 0 aliphatic carbocycles. The second kappa shape index (κ2) is 7.34. The van der Waals surface area contributed by atoms with Crippen LogP contribution in [-0.2, 0) is 6.42 Å². The van der Waals surface area contributed by atoms with E-state index < -0.39 is 0 Å². The monoisotopic (exact) mass is 376 g/mol. The van der Waals surface area contributed by atoms with E-state index in [0.717, 1.165) is 42.6 Å². The normalized spacial score (nSPS) is 16.7. The number of H-pyrrole nitrogens is 1. The third kappa shape index (κ3) is 3.28. The van der Waals surface area contributed by atoms with Gasteiger partial charge in [-0.3, -0.25) is 4.79 Å². The second-order valence-electron chi connectivity index (χ2n) is 7.94. The molecule has 2 aromatic carbocycles. The van der Waals surface area contributed by atoms with Gasteiger partial charge in [0.1, 0.15) is 5.75 Å². The lowest BCUT2D eigenvalue weighted by Crippen LogP contribution is -2.37. The molecule has 1 amide bonds. The molecule has 0 bridgehead atoms. The summed E-state index contributed by atoms with van der Waals surface area (Å²) in [5, 5.41) is 1.20. The van der Waals surface area contributed by atoms with Gasteiger partial charge in [-0.25, -0.2) is 0 Å². The Morgan fingerprint density at radius 3 is 2.71 bits per heavy atom. The minimum absolute atomic E-state index is 0.153. The number of rotatable bonds is 4. The highest BCUT2D eigenvalue weighted by molar-refractivity contribution is 5.95. The summed E-state index contributed by atoms with van der Waals surface area (Å²) in [6.45, 7) is 7.10. The Balaban J connectivity index is 1.62. The van der Waals surface area contributed by atoms with Crippen LogP contribution in [0, 0.1) is 20.8 Å². The number of benzene rings is 2. The van der Waals surface area contributed by atoms with Gasteiger partial charge in [0.15, 0.2) is 0 Å². The quantitative estimate of drug-likeness (QED) is 0.700. The minimum Gasteiger partial charge on any atom is -0.497 e. The van der Waals surface area contributed by atoms with Gasteiger partial charge in [-0.1, -0.05) is 6.07 Å². The smallest absolute Gasteiger partial charge is 0.254 e. The number of aromatic amines is 1. The van der Waals surface area contributed by atoms with E-state index in [1.807, 2.05) is 24.3 Å². The lowest BCUT2D eigenvalue weighted by molar-refractivity contribution is 0.0736. The SMILES string of the molecule is COc1ccc2[nH]c(C)c(CC3CCCN3C(=O)c3ccc(C)c(C)c3)c2c1. The fraction of sp³-hybridized carbons (Fsp3) is 0.375. The third-order valence-corrected chi connectivity index (χ3v) is 6.16. The molecule has 0 radical (unpaired) electrons. The van der Waals surface area contributed by atoms with Crippen LogP contribution in [0.5, 0.6) is 5.75 Å². The minimum atomic E-state index is 0.153. The standard InChI is InChI=1S/C24H28N2O2/c1-15-7-8-18(12-16(15)2)24(27)26-11-5-6-19(26)13-21-17(3)25-23-10-9-20(28-4)14-22(21)23/h7-10,12,14,19,25H,5-6,11,13H2,1-4H3. The number of hydrogen-bond acceptors (Lipinski definition) is 2. The highest BCUT2D eigenvalue weighted by atomic mass is 16.5. The van der Waals surface area contributed by atoms with Crippen LogP contribution in [0.25, 0.3) is 10.9 Å². The van der Waals surface area contributed by atoms with Gasteiger partial charge in [0.25, 0.3) is 5.91 Å². The number of ether oxygens (including phenoxy) is 1. The van der Waals surface area contributed by atoms with E-state index in [9.17, 15) is 4.79 Å². The number of aryl methyl sites for hydroxylation is 3. The predicted molar refractivity (Wildman–Crippen MR) is 113 cm³/mol. The van der Waals surface area contributed by atoms with Gasteiger partial charge < -0.3 is 14.6 Å². The first-order valence-corrected chi connectivity index (χ1v) is 10.0. The fourth-order valence-electron chi connectivity index (χ4n) is 4.34. The van der Waals surface area contributed by atoms with Gasteiger partial charge in [0.05, 0.1) is 7.11 Å². The Hall–Kier alpha value is -2.75. The molecule has 3 aromatic rings. The Bertz CT molecular complexity index is 1030. The largest absolute Gasteiger partial charge is 0.497 e. The molecule has 1 aliphatic heterocycles. The summed E-state index contributed by atoms with van der Waals surface area (Å²) in [7, 11) is 1.70. The van der Waals surface area contributed by atoms with Crippen molar-refractivity contribution in [3.05, 3.63) is 64.3 Å². The molecule has 4 nitrogen and oxygen atoms in total. The number of nitrogens with zero attached hydrogens (tertiary/aromatic N) is 1. The molecule has 1 fully saturated rings. The summed E-state index contributed by atoms with van der Waals surface area (Å²) < 4.78 is 5.42. The van der Waals surface area contributed by atoms with Crippen molar-refractivity contribution in [1.29, 1.82) is 0 Å². The lowest BCUT2D eigenvalue weighted by atomic mass is 10.00. The fourth-order valence-corrected chi connectivity index (χ4v) is 4.34. The number of carbonyl (C=O) groups excluding carboxylic acids is 1.